The summed E-state index contributed by atoms with van der Waals surface area (Å²) in [6.07, 6.45) is 0. The number of nitro groups is 1. The van der Waals surface area contributed by atoms with Crippen LogP contribution in [0.25, 0.3) is 0 Å². The van der Waals surface area contributed by atoms with Gasteiger partial charge in [-0.15, -0.1) is 0 Å². The molecule has 0 saturated heterocycles. The average Bonchev–Trinajstić information content (AvgIpc) is 2.61. The third-order valence-corrected chi connectivity index (χ3v) is 4.63. The fourth-order valence-corrected chi connectivity index (χ4v) is 3.01. The molecule has 0 spiro atoms. The van der Waals surface area contributed by atoms with Crippen LogP contribution in [0, 0.1) is 13.7 Å². The molecule has 1 amide bonds. The lowest BCUT2D eigenvalue weighted by molar-refractivity contribution is -0.384. The number of amides is 1. The Morgan fingerprint density at radius 2 is 1.96 bits per heavy atom. The molecule has 0 aliphatic rings. The predicted molar refractivity (Wildman–Crippen MR) is 110 cm³/mol. The Kier molecular flexibility index (Phi) is 7.14. The standard InChI is InChI=1S/C18H16ClIN2O5/c1-10(2)13-7-11(20)3-6-16(13)21-17(23)9-27-18(24)14-8-12(22(25)26)4-5-15(14)19/h3-8,10H,9H2,1-2H3,(H,21,23). The van der Waals surface area contributed by atoms with E-state index in [0.717, 1.165) is 15.2 Å². The Bertz CT molecular complexity index is 901. The van der Waals surface area contributed by atoms with E-state index in [2.05, 4.69) is 27.9 Å². The van der Waals surface area contributed by atoms with Gasteiger partial charge >= 0.3 is 5.97 Å². The van der Waals surface area contributed by atoms with E-state index >= 15 is 0 Å². The molecule has 0 aliphatic carbocycles. The van der Waals surface area contributed by atoms with Gasteiger partial charge in [0.05, 0.1) is 15.5 Å². The molecule has 0 saturated carbocycles. The van der Waals surface area contributed by atoms with E-state index in [1.54, 1.807) is 6.07 Å². The summed E-state index contributed by atoms with van der Waals surface area (Å²) < 4.78 is 5.98. The van der Waals surface area contributed by atoms with E-state index in [1.807, 2.05) is 26.0 Å². The van der Waals surface area contributed by atoms with Crippen LogP contribution in [0.4, 0.5) is 11.4 Å². The van der Waals surface area contributed by atoms with Gasteiger partial charge in [0.2, 0.25) is 0 Å². The first-order valence-corrected chi connectivity index (χ1v) is 9.35. The average molecular weight is 503 g/mol. The first kappa shape index (κ1) is 21.1. The molecule has 0 heterocycles. The fourth-order valence-electron chi connectivity index (χ4n) is 2.30. The molecule has 0 aromatic heterocycles. The van der Waals surface area contributed by atoms with Crippen LogP contribution >= 0.6 is 34.2 Å². The van der Waals surface area contributed by atoms with Crippen molar-refractivity contribution in [3.63, 3.8) is 0 Å². The van der Waals surface area contributed by atoms with E-state index in [-0.39, 0.29) is 22.2 Å². The lowest BCUT2D eigenvalue weighted by atomic mass is 10.0. The summed E-state index contributed by atoms with van der Waals surface area (Å²) in [5.41, 5.74) is 1.13. The molecule has 2 aromatic rings. The predicted octanol–water partition coefficient (Wildman–Crippen LogP) is 4.77. The van der Waals surface area contributed by atoms with Crippen LogP contribution in [0.3, 0.4) is 0 Å². The van der Waals surface area contributed by atoms with Gasteiger partial charge in [0.25, 0.3) is 11.6 Å². The first-order chi connectivity index (χ1) is 12.7. The smallest absolute Gasteiger partial charge is 0.340 e. The lowest BCUT2D eigenvalue weighted by Crippen LogP contribution is -2.22. The maximum atomic E-state index is 12.1. The molecule has 0 atom stereocenters. The summed E-state index contributed by atoms with van der Waals surface area (Å²) in [5.74, 6) is -1.24. The van der Waals surface area contributed by atoms with Crippen LogP contribution in [-0.4, -0.2) is 23.4 Å². The number of benzene rings is 2. The summed E-state index contributed by atoms with van der Waals surface area (Å²) in [4.78, 5) is 34.4. The molecule has 7 nitrogen and oxygen atoms in total. The minimum absolute atomic E-state index is 0.00531. The van der Waals surface area contributed by atoms with Crippen molar-refractivity contribution in [3.05, 3.63) is 66.2 Å². The maximum Gasteiger partial charge on any atom is 0.340 e. The van der Waals surface area contributed by atoms with Crippen molar-refractivity contribution >= 4 is 57.4 Å². The zero-order valence-corrected chi connectivity index (χ0v) is 17.4. The number of anilines is 1. The van der Waals surface area contributed by atoms with Gasteiger partial charge in [0.1, 0.15) is 0 Å². The van der Waals surface area contributed by atoms with Crippen molar-refractivity contribution in [1.29, 1.82) is 0 Å². The number of carbonyl (C=O) groups excluding carboxylic acids is 2. The third-order valence-electron chi connectivity index (χ3n) is 3.62. The largest absolute Gasteiger partial charge is 0.452 e. The van der Waals surface area contributed by atoms with Crippen molar-refractivity contribution < 1.29 is 19.2 Å². The van der Waals surface area contributed by atoms with Gasteiger partial charge in [-0.05, 0) is 58.3 Å². The Balaban J connectivity index is 2.05. The normalized spacial score (nSPS) is 10.6. The number of nitrogens with zero attached hydrogens (tertiary/aromatic N) is 1. The molecular formula is C18H16ClIN2O5. The van der Waals surface area contributed by atoms with Crippen molar-refractivity contribution in [2.45, 2.75) is 19.8 Å². The summed E-state index contributed by atoms with van der Waals surface area (Å²) in [6.45, 7) is 3.47. The van der Waals surface area contributed by atoms with Crippen LogP contribution in [-0.2, 0) is 9.53 Å². The third kappa shape index (κ3) is 5.64. The monoisotopic (exact) mass is 502 g/mol. The van der Waals surface area contributed by atoms with Gasteiger partial charge in [0.15, 0.2) is 6.61 Å². The topological polar surface area (TPSA) is 98.5 Å². The van der Waals surface area contributed by atoms with Crippen LogP contribution in [0.2, 0.25) is 5.02 Å². The number of hydrogen-bond donors (Lipinski definition) is 1. The van der Waals surface area contributed by atoms with Gasteiger partial charge in [0, 0.05) is 21.4 Å². The van der Waals surface area contributed by atoms with Crippen LogP contribution in [0.15, 0.2) is 36.4 Å². The Morgan fingerprint density at radius 1 is 1.26 bits per heavy atom. The minimum Gasteiger partial charge on any atom is -0.452 e. The second-order valence-electron chi connectivity index (χ2n) is 5.93. The van der Waals surface area contributed by atoms with Gasteiger partial charge in [-0.2, -0.15) is 0 Å². The van der Waals surface area contributed by atoms with E-state index < -0.39 is 23.4 Å². The summed E-state index contributed by atoms with van der Waals surface area (Å²) >= 11 is 8.08. The number of nitrogens with one attached hydrogen (secondary N) is 1. The number of non-ortho nitro benzene ring substituents is 1. The zero-order chi connectivity index (χ0) is 20.1. The van der Waals surface area contributed by atoms with Crippen molar-refractivity contribution in [2.75, 3.05) is 11.9 Å². The van der Waals surface area contributed by atoms with Crippen LogP contribution in [0.1, 0.15) is 35.7 Å². The Morgan fingerprint density at radius 3 is 2.59 bits per heavy atom. The number of nitro benzene ring substituents is 1. The molecule has 0 fully saturated rings. The van der Waals surface area contributed by atoms with E-state index in [0.29, 0.717) is 5.69 Å². The molecule has 1 N–H and O–H groups in total. The number of ether oxygens (including phenoxy) is 1. The summed E-state index contributed by atoms with van der Waals surface area (Å²) in [5, 5.41) is 13.5. The summed E-state index contributed by atoms with van der Waals surface area (Å²) in [7, 11) is 0. The lowest BCUT2D eigenvalue weighted by Gasteiger charge is -2.14. The SMILES string of the molecule is CC(C)c1cc(I)ccc1NC(=O)COC(=O)c1cc([N+](=O)[O-])ccc1Cl. The number of rotatable bonds is 6. The maximum absolute atomic E-state index is 12.1. The number of carbonyl (C=O) groups is 2. The van der Waals surface area contributed by atoms with E-state index in [1.165, 1.54) is 12.1 Å². The molecule has 9 heteroatoms. The Hall–Kier alpha value is -2.20. The molecule has 2 aromatic carbocycles. The van der Waals surface area contributed by atoms with Gasteiger partial charge in [-0.25, -0.2) is 4.79 Å². The fraction of sp³-hybridized carbons (Fsp3) is 0.222. The van der Waals surface area contributed by atoms with Crippen molar-refractivity contribution in [1.82, 2.24) is 0 Å². The molecule has 27 heavy (non-hydrogen) atoms. The Labute approximate surface area is 174 Å². The highest BCUT2D eigenvalue weighted by Crippen LogP contribution is 2.26. The number of esters is 1. The molecule has 0 bridgehead atoms. The molecule has 0 unspecified atom stereocenters. The van der Waals surface area contributed by atoms with E-state index in [9.17, 15) is 19.7 Å². The minimum atomic E-state index is -0.912. The zero-order valence-electron chi connectivity index (χ0n) is 14.5. The molecule has 0 aliphatic heterocycles. The second kappa shape index (κ2) is 9.14. The van der Waals surface area contributed by atoms with Crippen molar-refractivity contribution in [2.24, 2.45) is 0 Å². The highest BCUT2D eigenvalue weighted by molar-refractivity contribution is 14.1. The van der Waals surface area contributed by atoms with Gasteiger partial charge < -0.3 is 10.1 Å². The number of halogens is 2. The molecule has 0 radical (unpaired) electrons. The van der Waals surface area contributed by atoms with E-state index in [4.69, 9.17) is 16.3 Å². The number of hydrogen-bond acceptors (Lipinski definition) is 5. The first-order valence-electron chi connectivity index (χ1n) is 7.89. The van der Waals surface area contributed by atoms with Crippen molar-refractivity contribution in [3.8, 4) is 0 Å². The molecule has 2 rings (SSSR count). The quantitative estimate of drug-likeness (QED) is 0.265. The molecular weight excluding hydrogens is 487 g/mol. The highest BCUT2D eigenvalue weighted by Gasteiger charge is 2.18. The van der Waals surface area contributed by atoms with Crippen LogP contribution < -0.4 is 5.32 Å². The highest BCUT2D eigenvalue weighted by atomic mass is 127. The van der Waals surface area contributed by atoms with Gasteiger partial charge in [-0.1, -0.05) is 25.4 Å². The van der Waals surface area contributed by atoms with Crippen LogP contribution in [0.5, 0.6) is 0 Å². The second-order valence-corrected chi connectivity index (χ2v) is 7.58. The van der Waals surface area contributed by atoms with Gasteiger partial charge in [-0.3, -0.25) is 14.9 Å². The molecule has 142 valence electrons. The summed E-state index contributed by atoms with van der Waals surface area (Å²) in [6, 6.07) is 9.03.